The van der Waals surface area contributed by atoms with Crippen LogP contribution in [0.1, 0.15) is 36.1 Å². The van der Waals surface area contributed by atoms with E-state index in [1.807, 2.05) is 0 Å². The monoisotopic (exact) mass is 277 g/mol. The number of benzene rings is 1. The average molecular weight is 277 g/mol. The molecule has 1 aromatic carbocycles. The highest BCUT2D eigenvalue weighted by atomic mass is 16.5. The largest absolute Gasteiger partial charge is 0.481 e. The van der Waals surface area contributed by atoms with Gasteiger partial charge in [0.15, 0.2) is 0 Å². The number of nitrogens with zero attached hydrogens (tertiary/aromatic N) is 1. The lowest BCUT2D eigenvalue weighted by molar-refractivity contribution is -0.140. The van der Waals surface area contributed by atoms with Crippen LogP contribution in [0.4, 0.5) is 0 Å². The van der Waals surface area contributed by atoms with E-state index in [0.29, 0.717) is 13.2 Å². The van der Waals surface area contributed by atoms with Gasteiger partial charge in [-0.3, -0.25) is 9.69 Å². The Morgan fingerprint density at radius 1 is 1.40 bits per heavy atom. The predicted octanol–water partition coefficient (Wildman–Crippen LogP) is 2.54. The normalized spacial score (nSPS) is 21.6. The maximum absolute atomic E-state index is 11.0. The number of aryl methyl sites for hydroxylation is 2. The molecule has 0 saturated carbocycles. The van der Waals surface area contributed by atoms with Crippen molar-refractivity contribution >= 4 is 5.97 Å². The lowest BCUT2D eigenvalue weighted by atomic mass is 9.99. The van der Waals surface area contributed by atoms with Crippen LogP contribution in [-0.4, -0.2) is 41.8 Å². The predicted molar refractivity (Wildman–Crippen MR) is 77.9 cm³/mol. The Bertz CT molecular complexity index is 466. The molecule has 0 spiro atoms. The van der Waals surface area contributed by atoms with E-state index in [-0.39, 0.29) is 18.5 Å². The second kappa shape index (κ2) is 6.37. The van der Waals surface area contributed by atoms with E-state index in [2.05, 4.69) is 43.9 Å². The van der Waals surface area contributed by atoms with E-state index in [9.17, 15) is 4.79 Å². The molecule has 0 bridgehead atoms. The van der Waals surface area contributed by atoms with Gasteiger partial charge in [0.1, 0.15) is 0 Å². The summed E-state index contributed by atoms with van der Waals surface area (Å²) >= 11 is 0. The van der Waals surface area contributed by atoms with E-state index >= 15 is 0 Å². The number of carboxylic acid groups (broad SMARTS) is 1. The Morgan fingerprint density at radius 3 is 2.65 bits per heavy atom. The Hall–Kier alpha value is -1.39. The molecule has 2 unspecified atom stereocenters. The number of hydrogen-bond acceptors (Lipinski definition) is 3. The van der Waals surface area contributed by atoms with Crippen LogP contribution in [-0.2, 0) is 9.53 Å². The Labute approximate surface area is 120 Å². The zero-order valence-corrected chi connectivity index (χ0v) is 12.4. The van der Waals surface area contributed by atoms with Gasteiger partial charge in [-0.15, -0.1) is 0 Å². The molecule has 0 radical (unpaired) electrons. The zero-order valence-electron chi connectivity index (χ0n) is 12.4. The molecule has 1 aromatic rings. The van der Waals surface area contributed by atoms with Crippen LogP contribution in [0.25, 0.3) is 0 Å². The van der Waals surface area contributed by atoms with Crippen molar-refractivity contribution in [1.82, 2.24) is 4.90 Å². The highest BCUT2D eigenvalue weighted by Gasteiger charge is 2.29. The Morgan fingerprint density at radius 2 is 2.05 bits per heavy atom. The summed E-state index contributed by atoms with van der Waals surface area (Å²) < 4.78 is 5.44. The first kappa shape index (κ1) is 15.0. The summed E-state index contributed by atoms with van der Waals surface area (Å²) in [5.74, 6) is -0.766. The summed E-state index contributed by atoms with van der Waals surface area (Å²) in [6, 6.07) is 6.69. The third kappa shape index (κ3) is 3.58. The second-order valence-electron chi connectivity index (χ2n) is 5.66. The minimum atomic E-state index is -0.766. The van der Waals surface area contributed by atoms with E-state index in [1.165, 1.54) is 16.7 Å². The number of aliphatic carboxylic acids is 1. The van der Waals surface area contributed by atoms with E-state index in [4.69, 9.17) is 9.84 Å². The smallest absolute Gasteiger partial charge is 0.305 e. The van der Waals surface area contributed by atoms with Crippen LogP contribution in [0, 0.1) is 13.8 Å². The molecular formula is C16H23NO3. The van der Waals surface area contributed by atoms with Gasteiger partial charge in [-0.05, 0) is 26.3 Å². The first-order valence-electron chi connectivity index (χ1n) is 7.11. The van der Waals surface area contributed by atoms with Crippen molar-refractivity contribution in [3.05, 3.63) is 34.9 Å². The SMILES string of the molecule is Cc1cc(C)cc(C(C)N2CCOCC2CC(=O)O)c1. The third-order valence-corrected chi connectivity index (χ3v) is 3.91. The molecule has 4 nitrogen and oxygen atoms in total. The summed E-state index contributed by atoms with van der Waals surface area (Å²) in [4.78, 5) is 13.3. The highest BCUT2D eigenvalue weighted by molar-refractivity contribution is 5.67. The van der Waals surface area contributed by atoms with Gasteiger partial charge in [0.05, 0.1) is 19.6 Å². The summed E-state index contributed by atoms with van der Waals surface area (Å²) in [5.41, 5.74) is 3.74. The molecule has 2 atom stereocenters. The molecule has 0 aliphatic carbocycles. The standard InChI is InChI=1S/C16H23NO3/c1-11-6-12(2)8-14(7-11)13(3)17-4-5-20-10-15(17)9-16(18)19/h6-8,13,15H,4-5,9-10H2,1-3H3,(H,18,19). The fourth-order valence-corrected chi connectivity index (χ4v) is 3.00. The Balaban J connectivity index is 2.20. The van der Waals surface area contributed by atoms with Crippen molar-refractivity contribution in [2.45, 2.75) is 39.3 Å². The first-order chi connectivity index (χ1) is 9.47. The molecule has 110 valence electrons. The second-order valence-corrected chi connectivity index (χ2v) is 5.66. The van der Waals surface area contributed by atoms with Gasteiger partial charge in [0, 0.05) is 18.6 Å². The van der Waals surface area contributed by atoms with Gasteiger partial charge in [0.25, 0.3) is 0 Å². The third-order valence-electron chi connectivity index (χ3n) is 3.91. The lowest BCUT2D eigenvalue weighted by Crippen LogP contribution is -2.47. The molecule has 4 heteroatoms. The van der Waals surface area contributed by atoms with Gasteiger partial charge in [-0.2, -0.15) is 0 Å². The number of carboxylic acids is 1. The molecule has 1 N–H and O–H groups in total. The maximum atomic E-state index is 11.0. The minimum Gasteiger partial charge on any atom is -0.481 e. The minimum absolute atomic E-state index is 0.0444. The average Bonchev–Trinajstić information content (AvgIpc) is 2.36. The quantitative estimate of drug-likeness (QED) is 0.919. The van der Waals surface area contributed by atoms with E-state index < -0.39 is 5.97 Å². The van der Waals surface area contributed by atoms with Crippen molar-refractivity contribution < 1.29 is 14.6 Å². The van der Waals surface area contributed by atoms with Gasteiger partial charge >= 0.3 is 5.97 Å². The Kier molecular flexibility index (Phi) is 4.78. The zero-order chi connectivity index (χ0) is 14.7. The summed E-state index contributed by atoms with van der Waals surface area (Å²) in [6.07, 6.45) is 0.134. The van der Waals surface area contributed by atoms with Crippen molar-refractivity contribution in [3.8, 4) is 0 Å². The molecule has 2 rings (SSSR count). The number of rotatable bonds is 4. The van der Waals surface area contributed by atoms with Crippen LogP contribution in [0.2, 0.25) is 0 Å². The molecule has 20 heavy (non-hydrogen) atoms. The van der Waals surface area contributed by atoms with Gasteiger partial charge in [0.2, 0.25) is 0 Å². The van der Waals surface area contributed by atoms with Crippen LogP contribution in [0.15, 0.2) is 18.2 Å². The molecule has 0 amide bonds. The number of morpholine rings is 1. The maximum Gasteiger partial charge on any atom is 0.305 e. The molecule has 1 saturated heterocycles. The van der Waals surface area contributed by atoms with Crippen LogP contribution >= 0.6 is 0 Å². The number of hydrogen-bond donors (Lipinski definition) is 1. The van der Waals surface area contributed by atoms with Crippen molar-refractivity contribution in [3.63, 3.8) is 0 Å². The molecule has 1 fully saturated rings. The van der Waals surface area contributed by atoms with Crippen molar-refractivity contribution in [1.29, 1.82) is 0 Å². The number of ether oxygens (including phenoxy) is 1. The van der Waals surface area contributed by atoms with Crippen molar-refractivity contribution in [2.24, 2.45) is 0 Å². The van der Waals surface area contributed by atoms with Crippen LogP contribution in [0.3, 0.4) is 0 Å². The molecule has 0 aromatic heterocycles. The summed E-state index contributed by atoms with van der Waals surface area (Å²) in [6.45, 7) is 8.29. The lowest BCUT2D eigenvalue weighted by Gasteiger charge is -2.39. The topological polar surface area (TPSA) is 49.8 Å². The van der Waals surface area contributed by atoms with E-state index in [1.54, 1.807) is 0 Å². The molecule has 1 heterocycles. The molecular weight excluding hydrogens is 254 g/mol. The molecule has 1 aliphatic rings. The number of carbonyl (C=O) groups is 1. The fraction of sp³-hybridized carbons (Fsp3) is 0.562. The molecule has 1 aliphatic heterocycles. The van der Waals surface area contributed by atoms with Crippen LogP contribution < -0.4 is 0 Å². The van der Waals surface area contributed by atoms with Crippen LogP contribution in [0.5, 0.6) is 0 Å². The summed E-state index contributed by atoms with van der Waals surface area (Å²) in [7, 11) is 0. The van der Waals surface area contributed by atoms with Gasteiger partial charge in [-0.25, -0.2) is 0 Å². The highest BCUT2D eigenvalue weighted by Crippen LogP contribution is 2.27. The van der Waals surface area contributed by atoms with Gasteiger partial charge < -0.3 is 9.84 Å². The fourth-order valence-electron chi connectivity index (χ4n) is 3.00. The van der Waals surface area contributed by atoms with Crippen molar-refractivity contribution in [2.75, 3.05) is 19.8 Å². The first-order valence-corrected chi connectivity index (χ1v) is 7.11. The van der Waals surface area contributed by atoms with E-state index in [0.717, 1.165) is 6.54 Å². The summed E-state index contributed by atoms with van der Waals surface area (Å²) in [5, 5.41) is 9.04. The van der Waals surface area contributed by atoms with Gasteiger partial charge in [-0.1, -0.05) is 29.3 Å².